The molecule has 2 N–H and O–H groups in total. The third kappa shape index (κ3) is 3.01. The number of fused-ring (bicyclic) bond motifs is 1. The summed E-state index contributed by atoms with van der Waals surface area (Å²) < 4.78 is 14.1. The van der Waals surface area contributed by atoms with Crippen LogP contribution < -0.4 is 5.32 Å². The van der Waals surface area contributed by atoms with E-state index in [1.54, 1.807) is 19.1 Å². The second-order valence-electron chi connectivity index (χ2n) is 5.29. The largest absolute Gasteiger partial charge is 0.386 e. The maximum Gasteiger partial charge on any atom is 0.368 e. The Morgan fingerprint density at radius 1 is 1.29 bits per heavy atom. The first-order chi connectivity index (χ1) is 11.5. The minimum atomic E-state index is -0.902. The zero-order valence-electron chi connectivity index (χ0n) is 12.6. The van der Waals surface area contributed by atoms with Crippen molar-refractivity contribution in [3.05, 3.63) is 64.1 Å². The van der Waals surface area contributed by atoms with Crippen LogP contribution in [0, 0.1) is 15.9 Å². The van der Waals surface area contributed by atoms with Gasteiger partial charge in [0, 0.05) is 6.07 Å². The summed E-state index contributed by atoms with van der Waals surface area (Å²) in [4.78, 5) is 14.3. The van der Waals surface area contributed by atoms with E-state index >= 15 is 0 Å². The van der Waals surface area contributed by atoms with Crippen molar-refractivity contribution < 1.29 is 14.4 Å². The molecule has 0 fully saturated rings. The van der Waals surface area contributed by atoms with Gasteiger partial charge in [-0.25, -0.2) is 9.37 Å². The van der Waals surface area contributed by atoms with Crippen LogP contribution in [0.2, 0.25) is 0 Å². The number of aliphatic hydroxyl groups is 1. The van der Waals surface area contributed by atoms with Gasteiger partial charge in [0.05, 0.1) is 12.1 Å². The van der Waals surface area contributed by atoms with Crippen LogP contribution in [0.15, 0.2) is 42.6 Å². The number of hydrogen-bond donors (Lipinski definition) is 2. The number of imidazole rings is 1. The summed E-state index contributed by atoms with van der Waals surface area (Å²) in [5.41, 5.74) is 0.894. The Morgan fingerprint density at radius 2 is 2.00 bits per heavy atom. The van der Waals surface area contributed by atoms with Gasteiger partial charge in [-0.1, -0.05) is 21.7 Å². The molecule has 0 aliphatic rings. The zero-order valence-corrected chi connectivity index (χ0v) is 12.6. The molecule has 2 heterocycles. The number of aliphatic hydroxyl groups excluding tert-OH is 1. The number of anilines is 1. The van der Waals surface area contributed by atoms with Gasteiger partial charge < -0.3 is 20.5 Å². The number of nitro groups is 1. The highest BCUT2D eigenvalue weighted by Gasteiger charge is 2.20. The molecular weight excluding hydrogens is 317 g/mol. The van der Waals surface area contributed by atoms with Crippen LogP contribution in [0.25, 0.3) is 5.65 Å². The average Bonchev–Trinajstić information content (AvgIpc) is 2.98. The second kappa shape index (κ2) is 6.20. The van der Waals surface area contributed by atoms with E-state index in [9.17, 15) is 19.6 Å². The standard InChI is InChI=1S/C15H14FN5O3/c1-9(15(22)10-2-4-11(16)5-3-10)18-12-6-7-13-17-8-14(21(23)24)20(13)19-12/h2-9,15,22H,1H3,(H,18,19)/t9-,15-/m0/s1. The normalized spacial score (nSPS) is 13.6. The fourth-order valence-corrected chi connectivity index (χ4v) is 2.32. The third-order valence-corrected chi connectivity index (χ3v) is 3.59. The zero-order chi connectivity index (χ0) is 17.3. The molecule has 2 atom stereocenters. The smallest absolute Gasteiger partial charge is 0.368 e. The van der Waals surface area contributed by atoms with E-state index in [2.05, 4.69) is 15.4 Å². The molecule has 3 aromatic rings. The number of benzene rings is 1. The lowest BCUT2D eigenvalue weighted by Crippen LogP contribution is -2.25. The van der Waals surface area contributed by atoms with Crippen molar-refractivity contribution in [2.24, 2.45) is 0 Å². The van der Waals surface area contributed by atoms with Crippen LogP contribution in [0.3, 0.4) is 0 Å². The summed E-state index contributed by atoms with van der Waals surface area (Å²) in [6.45, 7) is 1.72. The predicted molar refractivity (Wildman–Crippen MR) is 84.1 cm³/mol. The van der Waals surface area contributed by atoms with Crippen molar-refractivity contribution in [2.45, 2.75) is 19.1 Å². The average molecular weight is 331 g/mol. The molecule has 0 aliphatic carbocycles. The Bertz CT molecular complexity index is 880. The summed E-state index contributed by atoms with van der Waals surface area (Å²) in [5.74, 6) is -0.288. The van der Waals surface area contributed by atoms with Gasteiger partial charge in [-0.3, -0.25) is 0 Å². The van der Waals surface area contributed by atoms with E-state index in [0.717, 1.165) is 10.7 Å². The Hall–Kier alpha value is -3.07. The maximum atomic E-state index is 12.9. The predicted octanol–water partition coefficient (Wildman–Crippen LogP) is 2.31. The van der Waals surface area contributed by atoms with E-state index in [4.69, 9.17) is 0 Å². The van der Waals surface area contributed by atoms with Crippen molar-refractivity contribution in [3.8, 4) is 0 Å². The van der Waals surface area contributed by atoms with Crippen molar-refractivity contribution in [1.82, 2.24) is 14.6 Å². The second-order valence-corrected chi connectivity index (χ2v) is 5.29. The summed E-state index contributed by atoms with van der Waals surface area (Å²) in [5, 5.41) is 28.4. The molecule has 0 aliphatic heterocycles. The first-order valence-corrected chi connectivity index (χ1v) is 7.15. The Labute approximate surface area is 135 Å². The van der Waals surface area contributed by atoms with Crippen LogP contribution in [0.1, 0.15) is 18.6 Å². The number of hydrogen-bond acceptors (Lipinski definition) is 6. The molecule has 0 amide bonds. The molecule has 8 nitrogen and oxygen atoms in total. The van der Waals surface area contributed by atoms with Gasteiger partial charge in [0.1, 0.15) is 12.0 Å². The molecule has 124 valence electrons. The summed E-state index contributed by atoms with van der Waals surface area (Å²) in [7, 11) is 0. The summed E-state index contributed by atoms with van der Waals surface area (Å²) >= 11 is 0. The Kier molecular flexibility index (Phi) is 4.09. The highest BCUT2D eigenvalue weighted by molar-refractivity contribution is 5.48. The van der Waals surface area contributed by atoms with Gasteiger partial charge in [0.15, 0.2) is 5.82 Å². The minimum Gasteiger partial charge on any atom is -0.386 e. The number of aromatic nitrogens is 3. The molecule has 0 saturated carbocycles. The molecular formula is C15H14FN5O3. The van der Waals surface area contributed by atoms with Crippen LogP contribution in [0.5, 0.6) is 0 Å². The number of halogens is 1. The van der Waals surface area contributed by atoms with E-state index in [-0.39, 0.29) is 11.6 Å². The summed E-state index contributed by atoms with van der Waals surface area (Å²) in [6.07, 6.45) is 0.226. The summed E-state index contributed by atoms with van der Waals surface area (Å²) in [6, 6.07) is 8.27. The molecule has 1 aromatic carbocycles. The highest BCUT2D eigenvalue weighted by atomic mass is 19.1. The topological polar surface area (TPSA) is 106 Å². The van der Waals surface area contributed by atoms with Gasteiger partial charge in [0.25, 0.3) is 0 Å². The first kappa shape index (κ1) is 15.8. The van der Waals surface area contributed by atoms with E-state index < -0.39 is 17.1 Å². The fourth-order valence-electron chi connectivity index (χ4n) is 2.32. The fraction of sp³-hybridized carbons (Fsp3) is 0.200. The van der Waals surface area contributed by atoms with Crippen molar-refractivity contribution in [1.29, 1.82) is 0 Å². The quantitative estimate of drug-likeness (QED) is 0.549. The molecule has 2 aromatic heterocycles. The third-order valence-electron chi connectivity index (χ3n) is 3.59. The minimum absolute atomic E-state index is 0.250. The van der Waals surface area contributed by atoms with Gasteiger partial charge >= 0.3 is 5.82 Å². The Morgan fingerprint density at radius 3 is 2.67 bits per heavy atom. The Balaban J connectivity index is 1.82. The molecule has 0 unspecified atom stereocenters. The van der Waals surface area contributed by atoms with Gasteiger partial charge in [-0.05, 0) is 35.6 Å². The SMILES string of the molecule is C[C@H](Nc1ccc2ncc([N+](=O)[O-])n2n1)[C@H](O)c1ccc(F)cc1. The first-order valence-electron chi connectivity index (χ1n) is 7.15. The highest BCUT2D eigenvalue weighted by Crippen LogP contribution is 2.21. The number of rotatable bonds is 5. The van der Waals surface area contributed by atoms with Crippen molar-refractivity contribution in [3.63, 3.8) is 0 Å². The lowest BCUT2D eigenvalue weighted by molar-refractivity contribution is -0.391. The molecule has 0 saturated heterocycles. The van der Waals surface area contributed by atoms with Crippen LogP contribution in [0.4, 0.5) is 16.0 Å². The maximum absolute atomic E-state index is 12.9. The number of nitrogens with zero attached hydrogens (tertiary/aromatic N) is 4. The van der Waals surface area contributed by atoms with Crippen molar-refractivity contribution >= 4 is 17.3 Å². The van der Waals surface area contributed by atoms with Crippen LogP contribution in [-0.4, -0.2) is 30.7 Å². The van der Waals surface area contributed by atoms with E-state index in [1.807, 2.05) is 0 Å². The molecule has 3 rings (SSSR count). The van der Waals surface area contributed by atoms with Gasteiger partial charge in [-0.15, -0.1) is 0 Å². The van der Waals surface area contributed by atoms with Crippen LogP contribution >= 0.6 is 0 Å². The lowest BCUT2D eigenvalue weighted by Gasteiger charge is -2.20. The van der Waals surface area contributed by atoms with E-state index in [1.165, 1.54) is 24.3 Å². The molecule has 0 radical (unpaired) electrons. The van der Waals surface area contributed by atoms with Gasteiger partial charge in [-0.2, -0.15) is 0 Å². The molecule has 24 heavy (non-hydrogen) atoms. The molecule has 0 spiro atoms. The molecule has 0 bridgehead atoms. The van der Waals surface area contributed by atoms with Crippen LogP contribution in [-0.2, 0) is 0 Å². The van der Waals surface area contributed by atoms with Crippen molar-refractivity contribution in [2.75, 3.05) is 5.32 Å². The number of nitrogens with one attached hydrogen (secondary N) is 1. The van der Waals surface area contributed by atoms with Gasteiger partial charge in [0.2, 0.25) is 5.65 Å². The van der Waals surface area contributed by atoms with E-state index in [0.29, 0.717) is 17.0 Å². The lowest BCUT2D eigenvalue weighted by atomic mass is 10.0. The molecule has 9 heteroatoms. The monoisotopic (exact) mass is 331 g/mol.